The van der Waals surface area contributed by atoms with Crippen molar-refractivity contribution in [1.29, 1.82) is 0 Å². The fraction of sp³-hybridized carbons (Fsp3) is 0.458. The molecule has 6 rings (SSSR count). The van der Waals surface area contributed by atoms with Crippen molar-refractivity contribution in [2.45, 2.75) is 44.1 Å². The number of thiophene rings is 1. The Kier molecular flexibility index (Phi) is 5.21. The van der Waals surface area contributed by atoms with Crippen molar-refractivity contribution in [3.8, 4) is 0 Å². The number of ether oxygens (including phenoxy) is 2. The number of aryl methyl sites for hydroxylation is 2. The van der Waals surface area contributed by atoms with Crippen LogP contribution in [0.2, 0.25) is 0 Å². The van der Waals surface area contributed by atoms with E-state index >= 15 is 0 Å². The van der Waals surface area contributed by atoms with Gasteiger partial charge in [-0.05, 0) is 49.9 Å². The standard InChI is InChI=1S/C24H28N6O3S/c1-13-2-5-16-20(26)21(34-23(16)27-13)22(31)28-15-4-6-17-14(10-15)3-7-19(29-17)30-11-18(25)24(12-30)32-8-9-33-24/h2-3,5,7,15,18H,4,6,8-12,25-26H2,1H3,(H,28,31)/t15-,18-/m0/s1. The Hall–Kier alpha value is -2.79. The number of nitrogens with one attached hydrogen (secondary N) is 1. The minimum atomic E-state index is -0.713. The maximum Gasteiger partial charge on any atom is 0.263 e. The molecule has 2 saturated heterocycles. The molecule has 5 N–H and O–H groups in total. The quantitative estimate of drug-likeness (QED) is 0.517. The molecular formula is C24H28N6O3S. The highest BCUT2D eigenvalue weighted by molar-refractivity contribution is 7.21. The molecule has 0 radical (unpaired) electrons. The zero-order chi connectivity index (χ0) is 23.4. The van der Waals surface area contributed by atoms with Gasteiger partial charge in [-0.25, -0.2) is 9.97 Å². The Bertz CT molecular complexity index is 1270. The van der Waals surface area contributed by atoms with E-state index in [-0.39, 0.29) is 18.0 Å². The first kappa shape index (κ1) is 21.7. The van der Waals surface area contributed by atoms with Crippen LogP contribution >= 0.6 is 11.3 Å². The maximum atomic E-state index is 13.0. The number of hydrogen-bond acceptors (Lipinski definition) is 9. The molecule has 2 fully saturated rings. The summed E-state index contributed by atoms with van der Waals surface area (Å²) in [5.41, 5.74) is 16.2. The van der Waals surface area contributed by atoms with Crippen LogP contribution in [0.25, 0.3) is 10.2 Å². The van der Waals surface area contributed by atoms with Crippen LogP contribution in [0.3, 0.4) is 0 Å². The van der Waals surface area contributed by atoms with Gasteiger partial charge in [0.15, 0.2) is 0 Å². The smallest absolute Gasteiger partial charge is 0.263 e. The summed E-state index contributed by atoms with van der Waals surface area (Å²) in [6.07, 6.45) is 2.37. The summed E-state index contributed by atoms with van der Waals surface area (Å²) in [6.45, 7) is 4.32. The van der Waals surface area contributed by atoms with Crippen molar-refractivity contribution in [2.75, 3.05) is 36.9 Å². The van der Waals surface area contributed by atoms with Crippen LogP contribution in [0.4, 0.5) is 11.5 Å². The van der Waals surface area contributed by atoms with Gasteiger partial charge in [-0.3, -0.25) is 4.79 Å². The van der Waals surface area contributed by atoms with Crippen LogP contribution in [0, 0.1) is 6.92 Å². The first-order valence-electron chi connectivity index (χ1n) is 11.7. The Balaban J connectivity index is 1.15. The predicted octanol–water partition coefficient (Wildman–Crippen LogP) is 1.76. The number of amides is 1. The van der Waals surface area contributed by atoms with Gasteiger partial charge in [-0.15, -0.1) is 11.3 Å². The van der Waals surface area contributed by atoms with Crippen molar-refractivity contribution in [3.63, 3.8) is 0 Å². The molecule has 0 unspecified atom stereocenters. The van der Waals surface area contributed by atoms with Crippen LogP contribution in [0.15, 0.2) is 24.3 Å². The second-order valence-electron chi connectivity index (χ2n) is 9.33. The normalized spacial score (nSPS) is 23.5. The zero-order valence-corrected chi connectivity index (χ0v) is 19.9. The van der Waals surface area contributed by atoms with Crippen molar-refractivity contribution in [1.82, 2.24) is 15.3 Å². The highest BCUT2D eigenvalue weighted by atomic mass is 32.1. The fourth-order valence-electron chi connectivity index (χ4n) is 5.18. The molecule has 9 nitrogen and oxygen atoms in total. The van der Waals surface area contributed by atoms with Crippen LogP contribution < -0.4 is 21.7 Å². The lowest BCUT2D eigenvalue weighted by Crippen LogP contribution is -2.47. The minimum absolute atomic E-state index is 0.0377. The van der Waals surface area contributed by atoms with Gasteiger partial charge in [0.25, 0.3) is 5.91 Å². The lowest BCUT2D eigenvalue weighted by atomic mass is 9.91. The molecule has 5 heterocycles. The van der Waals surface area contributed by atoms with Crippen molar-refractivity contribution in [3.05, 3.63) is 46.1 Å². The molecule has 3 aliphatic rings. The largest absolute Gasteiger partial charge is 0.397 e. The second-order valence-corrected chi connectivity index (χ2v) is 10.3. The van der Waals surface area contributed by atoms with Crippen molar-refractivity contribution >= 4 is 39.0 Å². The van der Waals surface area contributed by atoms with Crippen LogP contribution in [0.5, 0.6) is 0 Å². The number of rotatable bonds is 3. The number of carbonyl (C=O) groups is 1. The molecule has 1 aliphatic carbocycles. The first-order valence-corrected chi connectivity index (χ1v) is 12.5. The van der Waals surface area contributed by atoms with Crippen LogP contribution in [-0.4, -0.2) is 60.0 Å². The minimum Gasteiger partial charge on any atom is -0.397 e. The Morgan fingerprint density at radius 3 is 2.88 bits per heavy atom. The van der Waals surface area contributed by atoms with E-state index in [2.05, 4.69) is 21.3 Å². The number of nitrogen functional groups attached to an aromatic ring is 1. The number of pyridine rings is 2. The number of anilines is 2. The van der Waals surface area contributed by atoms with E-state index in [4.69, 9.17) is 25.9 Å². The van der Waals surface area contributed by atoms with E-state index in [0.717, 1.165) is 52.2 Å². The lowest BCUT2D eigenvalue weighted by molar-refractivity contribution is -0.147. The van der Waals surface area contributed by atoms with E-state index in [1.54, 1.807) is 0 Å². The summed E-state index contributed by atoms with van der Waals surface area (Å²) >= 11 is 1.35. The highest BCUT2D eigenvalue weighted by Crippen LogP contribution is 2.34. The molecule has 1 amide bonds. The topological polar surface area (TPSA) is 129 Å². The van der Waals surface area contributed by atoms with Gasteiger partial charge in [0, 0.05) is 29.4 Å². The number of aromatic nitrogens is 2. The van der Waals surface area contributed by atoms with Crippen LogP contribution in [-0.2, 0) is 22.3 Å². The van der Waals surface area contributed by atoms with Crippen molar-refractivity contribution < 1.29 is 14.3 Å². The van der Waals surface area contributed by atoms with Gasteiger partial charge < -0.3 is 31.2 Å². The molecule has 3 aromatic rings. The molecule has 10 heteroatoms. The predicted molar refractivity (Wildman–Crippen MR) is 131 cm³/mol. The van der Waals surface area contributed by atoms with Gasteiger partial charge in [-0.2, -0.15) is 0 Å². The fourth-order valence-corrected chi connectivity index (χ4v) is 6.23. The van der Waals surface area contributed by atoms with Gasteiger partial charge >= 0.3 is 0 Å². The Labute approximate surface area is 201 Å². The Morgan fingerprint density at radius 2 is 2.06 bits per heavy atom. The average molecular weight is 481 g/mol. The second kappa shape index (κ2) is 8.16. The van der Waals surface area contributed by atoms with E-state index in [0.29, 0.717) is 36.9 Å². The molecule has 3 aromatic heterocycles. The lowest BCUT2D eigenvalue weighted by Gasteiger charge is -2.27. The van der Waals surface area contributed by atoms with Crippen LogP contribution in [0.1, 0.15) is 33.0 Å². The van der Waals surface area contributed by atoms with Gasteiger partial charge in [0.05, 0.1) is 31.5 Å². The molecular weight excluding hydrogens is 452 g/mol. The molecule has 0 aromatic carbocycles. The van der Waals surface area contributed by atoms with E-state index in [9.17, 15) is 4.79 Å². The zero-order valence-electron chi connectivity index (χ0n) is 19.0. The number of carbonyl (C=O) groups excluding carboxylic acids is 1. The van der Waals surface area contributed by atoms with Gasteiger partial charge in [0.1, 0.15) is 15.5 Å². The summed E-state index contributed by atoms with van der Waals surface area (Å²) in [7, 11) is 0. The average Bonchev–Trinajstić information content (AvgIpc) is 3.52. The molecule has 178 valence electrons. The maximum absolute atomic E-state index is 13.0. The van der Waals surface area contributed by atoms with Gasteiger partial charge in [-0.1, -0.05) is 6.07 Å². The summed E-state index contributed by atoms with van der Waals surface area (Å²) < 4.78 is 11.7. The monoisotopic (exact) mass is 480 g/mol. The summed E-state index contributed by atoms with van der Waals surface area (Å²) in [6, 6.07) is 7.82. The number of nitrogens with zero attached hydrogens (tertiary/aromatic N) is 3. The summed E-state index contributed by atoms with van der Waals surface area (Å²) in [5.74, 6) is 0.0490. The SMILES string of the molecule is Cc1ccc2c(N)c(C(=O)N[C@H]3CCc4nc(N5C[C@H](N)C6(C5)OCCO6)ccc4C3)sc2n1. The first-order chi connectivity index (χ1) is 16.4. The van der Waals surface area contributed by atoms with E-state index in [1.807, 2.05) is 25.1 Å². The number of fused-ring (bicyclic) bond motifs is 2. The third kappa shape index (κ3) is 3.61. The highest BCUT2D eigenvalue weighted by Gasteiger charge is 2.50. The number of hydrogen-bond donors (Lipinski definition) is 3. The molecule has 2 aliphatic heterocycles. The van der Waals surface area contributed by atoms with E-state index < -0.39 is 5.79 Å². The van der Waals surface area contributed by atoms with E-state index in [1.165, 1.54) is 11.3 Å². The van der Waals surface area contributed by atoms with Gasteiger partial charge in [0.2, 0.25) is 5.79 Å². The third-order valence-electron chi connectivity index (χ3n) is 7.02. The van der Waals surface area contributed by atoms with Crippen molar-refractivity contribution in [2.24, 2.45) is 5.73 Å². The summed E-state index contributed by atoms with van der Waals surface area (Å²) in [4.78, 5) is 25.9. The molecule has 0 saturated carbocycles. The Morgan fingerprint density at radius 1 is 1.24 bits per heavy atom. The molecule has 2 atom stereocenters. The molecule has 34 heavy (non-hydrogen) atoms. The number of nitrogens with two attached hydrogens (primary N) is 2. The molecule has 0 bridgehead atoms. The molecule has 1 spiro atoms. The summed E-state index contributed by atoms with van der Waals surface area (Å²) in [5, 5.41) is 4.01. The third-order valence-corrected chi connectivity index (χ3v) is 8.13.